The maximum Gasteiger partial charge on any atom is 0.261 e. The van der Waals surface area contributed by atoms with Gasteiger partial charge in [-0.05, 0) is 67.4 Å². The zero-order chi connectivity index (χ0) is 24.5. The van der Waals surface area contributed by atoms with Crippen LogP contribution in [0.3, 0.4) is 0 Å². The Morgan fingerprint density at radius 3 is 2.21 bits per heavy atom. The molecule has 9 heteroatoms. The van der Waals surface area contributed by atoms with E-state index in [1.54, 1.807) is 36.4 Å². The number of carbonyl (C=O) groups excluding carboxylic acids is 2. The largest absolute Gasteiger partial charge is 0.497 e. The summed E-state index contributed by atoms with van der Waals surface area (Å²) in [5.41, 5.74) is 3.08. The summed E-state index contributed by atoms with van der Waals surface area (Å²) >= 11 is 0. The lowest BCUT2D eigenvalue weighted by molar-refractivity contribution is -0.121. The van der Waals surface area contributed by atoms with Gasteiger partial charge in [-0.15, -0.1) is 0 Å². The summed E-state index contributed by atoms with van der Waals surface area (Å²) in [6, 6.07) is 17.4. The lowest BCUT2D eigenvalue weighted by Gasteiger charge is -2.20. The van der Waals surface area contributed by atoms with Crippen LogP contribution in [0.4, 0.5) is 17.1 Å². The molecule has 1 fully saturated rings. The normalized spacial score (nSPS) is 16.0. The molecule has 0 radical (unpaired) electrons. The second kappa shape index (κ2) is 9.18. The molecule has 1 saturated heterocycles. The van der Waals surface area contributed by atoms with Gasteiger partial charge in [0.1, 0.15) is 11.8 Å². The summed E-state index contributed by atoms with van der Waals surface area (Å²) in [6.45, 7) is 3.71. The molecule has 34 heavy (non-hydrogen) atoms. The molecule has 3 aromatic rings. The monoisotopic (exact) mass is 479 g/mol. The van der Waals surface area contributed by atoms with Crippen molar-refractivity contribution in [1.29, 1.82) is 0 Å². The Hall–Kier alpha value is -3.85. The van der Waals surface area contributed by atoms with Gasteiger partial charge in [-0.1, -0.05) is 24.3 Å². The average molecular weight is 480 g/mol. The number of rotatable bonds is 7. The molecule has 4 rings (SSSR count). The van der Waals surface area contributed by atoms with Gasteiger partial charge in [-0.3, -0.25) is 14.3 Å². The minimum Gasteiger partial charge on any atom is -0.497 e. The van der Waals surface area contributed by atoms with Crippen LogP contribution in [-0.2, 0) is 19.6 Å². The first-order valence-corrected chi connectivity index (χ1v) is 12.1. The summed E-state index contributed by atoms with van der Waals surface area (Å²) in [5, 5.41) is 3.03. The van der Waals surface area contributed by atoms with E-state index in [0.29, 0.717) is 22.8 Å². The van der Waals surface area contributed by atoms with Crippen molar-refractivity contribution in [3.05, 3.63) is 77.9 Å². The molecule has 0 aliphatic carbocycles. The zero-order valence-corrected chi connectivity index (χ0v) is 19.8. The smallest absolute Gasteiger partial charge is 0.261 e. The summed E-state index contributed by atoms with van der Waals surface area (Å²) in [5.74, 6) is -0.0586. The lowest BCUT2D eigenvalue weighted by atomic mass is 10.1. The van der Waals surface area contributed by atoms with E-state index in [0.717, 1.165) is 11.1 Å². The first-order chi connectivity index (χ1) is 16.2. The fraction of sp³-hybridized carbons (Fsp3) is 0.200. The van der Waals surface area contributed by atoms with Gasteiger partial charge in [0.05, 0.1) is 24.1 Å². The van der Waals surface area contributed by atoms with Gasteiger partial charge < -0.3 is 10.1 Å². The number of hydrogen-bond acceptors (Lipinski definition) is 6. The number of para-hydroxylation sites is 1. The molecule has 0 spiro atoms. The van der Waals surface area contributed by atoms with E-state index in [2.05, 4.69) is 10.0 Å². The molecule has 176 valence electrons. The average Bonchev–Trinajstić information content (AvgIpc) is 3.07. The lowest BCUT2D eigenvalue weighted by Crippen LogP contribution is -2.35. The molecule has 1 aliphatic heterocycles. The first kappa shape index (κ1) is 23.3. The highest BCUT2D eigenvalue weighted by Gasteiger charge is 2.40. The molecular weight excluding hydrogens is 454 g/mol. The molecule has 0 aromatic heterocycles. The Morgan fingerprint density at radius 2 is 1.56 bits per heavy atom. The van der Waals surface area contributed by atoms with E-state index in [1.165, 1.54) is 24.1 Å². The van der Waals surface area contributed by atoms with E-state index in [1.807, 2.05) is 32.0 Å². The van der Waals surface area contributed by atoms with Gasteiger partial charge in [-0.2, -0.15) is 0 Å². The number of imide groups is 1. The minimum absolute atomic E-state index is 0.0202. The molecule has 8 nitrogen and oxygen atoms in total. The van der Waals surface area contributed by atoms with Crippen LogP contribution in [0.15, 0.2) is 71.6 Å². The van der Waals surface area contributed by atoms with E-state index in [-0.39, 0.29) is 23.1 Å². The summed E-state index contributed by atoms with van der Waals surface area (Å²) in [7, 11) is -2.34. The fourth-order valence-corrected chi connectivity index (χ4v) is 5.07. The maximum absolute atomic E-state index is 13.1. The number of nitrogens with zero attached hydrogens (tertiary/aromatic N) is 1. The zero-order valence-electron chi connectivity index (χ0n) is 19.0. The van der Waals surface area contributed by atoms with Crippen molar-refractivity contribution >= 4 is 38.9 Å². The third-order valence-corrected chi connectivity index (χ3v) is 7.02. The molecular formula is C25H25N3O5S. The second-order valence-corrected chi connectivity index (χ2v) is 9.75. The number of benzene rings is 3. The predicted octanol–water partition coefficient (Wildman–Crippen LogP) is 3.86. The summed E-state index contributed by atoms with van der Waals surface area (Å²) < 4.78 is 33.4. The van der Waals surface area contributed by atoms with E-state index in [4.69, 9.17) is 4.74 Å². The third kappa shape index (κ3) is 4.60. The molecule has 1 unspecified atom stereocenters. The molecule has 2 amide bonds. The topological polar surface area (TPSA) is 105 Å². The van der Waals surface area contributed by atoms with Gasteiger partial charge in [0, 0.05) is 11.4 Å². The van der Waals surface area contributed by atoms with Gasteiger partial charge in [-0.25, -0.2) is 13.3 Å². The summed E-state index contributed by atoms with van der Waals surface area (Å²) in [4.78, 5) is 27.1. The fourth-order valence-electron chi connectivity index (χ4n) is 3.97. The van der Waals surface area contributed by atoms with Crippen molar-refractivity contribution in [3.8, 4) is 5.75 Å². The number of anilines is 3. The molecule has 0 saturated carbocycles. The highest BCUT2D eigenvalue weighted by molar-refractivity contribution is 7.92. The van der Waals surface area contributed by atoms with Crippen molar-refractivity contribution in [3.63, 3.8) is 0 Å². The van der Waals surface area contributed by atoms with Crippen LogP contribution >= 0.6 is 0 Å². The number of ether oxygens (including phenoxy) is 1. The Bertz CT molecular complexity index is 1330. The van der Waals surface area contributed by atoms with Crippen molar-refractivity contribution in [2.45, 2.75) is 31.2 Å². The summed E-state index contributed by atoms with van der Waals surface area (Å²) in [6.07, 6.45) is -0.0202. The number of aryl methyl sites for hydroxylation is 2. The number of nitrogens with one attached hydrogen (secondary N) is 2. The van der Waals surface area contributed by atoms with E-state index < -0.39 is 16.1 Å². The predicted molar refractivity (Wildman–Crippen MR) is 131 cm³/mol. The minimum atomic E-state index is -3.87. The number of methoxy groups -OCH3 is 1. The van der Waals surface area contributed by atoms with Gasteiger partial charge >= 0.3 is 0 Å². The van der Waals surface area contributed by atoms with Crippen molar-refractivity contribution in [1.82, 2.24) is 0 Å². The van der Waals surface area contributed by atoms with Gasteiger partial charge in [0.2, 0.25) is 5.91 Å². The molecule has 0 bridgehead atoms. The Balaban J connectivity index is 1.53. The van der Waals surface area contributed by atoms with Crippen LogP contribution in [0.2, 0.25) is 0 Å². The van der Waals surface area contributed by atoms with Crippen molar-refractivity contribution in [2.24, 2.45) is 0 Å². The van der Waals surface area contributed by atoms with Crippen LogP contribution in [0.1, 0.15) is 17.5 Å². The van der Waals surface area contributed by atoms with Gasteiger partial charge in [0.15, 0.2) is 0 Å². The molecule has 1 heterocycles. The molecule has 1 atom stereocenters. The maximum atomic E-state index is 13.1. The SMILES string of the molecule is COc1ccc(NS(=O)(=O)c2cccc(NC3CC(=O)N(c4c(C)cccc4C)C3=O)c2)cc1. The van der Waals surface area contributed by atoms with Crippen LogP contribution in [-0.4, -0.2) is 33.4 Å². The second-order valence-electron chi connectivity index (χ2n) is 8.07. The van der Waals surface area contributed by atoms with Crippen molar-refractivity contribution < 1.29 is 22.7 Å². The van der Waals surface area contributed by atoms with Crippen LogP contribution in [0, 0.1) is 13.8 Å². The molecule has 1 aliphatic rings. The molecule has 3 aromatic carbocycles. The number of amides is 2. The highest BCUT2D eigenvalue weighted by Crippen LogP contribution is 2.31. The first-order valence-electron chi connectivity index (χ1n) is 10.7. The van der Waals surface area contributed by atoms with E-state index in [9.17, 15) is 18.0 Å². The van der Waals surface area contributed by atoms with Gasteiger partial charge in [0.25, 0.3) is 15.9 Å². The Labute approximate surface area is 198 Å². The Kier molecular flexibility index (Phi) is 6.30. The van der Waals surface area contributed by atoms with Crippen molar-refractivity contribution in [2.75, 3.05) is 22.0 Å². The quantitative estimate of drug-likeness (QED) is 0.499. The standard InChI is InChI=1S/C25H25N3O5S/c1-16-6-4-7-17(2)24(16)28-23(29)15-22(25(28)30)26-19-8-5-9-21(14-19)34(31,32)27-18-10-12-20(33-3)13-11-18/h4-14,22,26-27H,15H2,1-3H3. The number of carbonyl (C=O) groups is 2. The third-order valence-electron chi connectivity index (χ3n) is 5.64. The van der Waals surface area contributed by atoms with Crippen LogP contribution in [0.5, 0.6) is 5.75 Å². The number of sulfonamides is 1. The van der Waals surface area contributed by atoms with Crippen LogP contribution in [0.25, 0.3) is 0 Å². The van der Waals surface area contributed by atoms with Crippen LogP contribution < -0.4 is 19.7 Å². The Morgan fingerprint density at radius 1 is 0.912 bits per heavy atom. The highest BCUT2D eigenvalue weighted by atomic mass is 32.2. The number of hydrogen-bond donors (Lipinski definition) is 2. The molecule has 2 N–H and O–H groups in total. The van der Waals surface area contributed by atoms with E-state index >= 15 is 0 Å².